The van der Waals surface area contributed by atoms with Crippen LogP contribution in [0, 0.1) is 5.92 Å². The Morgan fingerprint density at radius 1 is 0.962 bits per heavy atom. The Morgan fingerprint density at radius 2 is 1.62 bits per heavy atom. The van der Waals surface area contributed by atoms with Gasteiger partial charge in [0.1, 0.15) is 6.23 Å². The molecule has 2 fully saturated rings. The van der Waals surface area contributed by atoms with Gasteiger partial charge >= 0.3 is 0 Å². The van der Waals surface area contributed by atoms with Crippen molar-refractivity contribution < 1.29 is 5.11 Å². The average Bonchev–Trinajstić information content (AvgIpc) is 2.67. The summed E-state index contributed by atoms with van der Waals surface area (Å²) < 4.78 is -0.179. The number of hydrogen-bond donors (Lipinski definition) is 1. The maximum atomic E-state index is 11.5. The molecule has 1 N–H and O–H groups in total. The average molecular weight is 368 g/mol. The Bertz CT molecular complexity index is 722. The summed E-state index contributed by atoms with van der Waals surface area (Å²) in [6.45, 7) is 4.60. The summed E-state index contributed by atoms with van der Waals surface area (Å²) in [5, 5.41) is 11.5. The first-order valence-electron chi connectivity index (χ1n) is 9.83. The third kappa shape index (κ3) is 3.33. The molecule has 0 aliphatic carbocycles. The fraction of sp³-hybridized carbons (Fsp3) is 0.478. The summed E-state index contributed by atoms with van der Waals surface area (Å²) in [5.41, 5.74) is 1.34. The molecule has 2 aliphatic heterocycles. The van der Waals surface area contributed by atoms with E-state index in [0.717, 1.165) is 19.3 Å². The predicted octanol–water partition coefficient (Wildman–Crippen LogP) is 5.49. The summed E-state index contributed by atoms with van der Waals surface area (Å²) in [4.78, 5) is 3.69. The van der Waals surface area contributed by atoms with Crippen LogP contribution in [-0.4, -0.2) is 27.0 Å². The van der Waals surface area contributed by atoms with Crippen LogP contribution in [0.1, 0.15) is 51.1 Å². The Labute approximate surface area is 161 Å². The molecule has 2 saturated heterocycles. The van der Waals surface area contributed by atoms with Gasteiger partial charge in [-0.3, -0.25) is 4.90 Å². The lowest BCUT2D eigenvalue weighted by atomic mass is 9.77. The zero-order valence-electron chi connectivity index (χ0n) is 15.7. The minimum absolute atomic E-state index is 0.179. The second-order valence-electron chi connectivity index (χ2n) is 8.14. The van der Waals surface area contributed by atoms with Crippen LogP contribution in [0.15, 0.2) is 65.6 Å². The molecule has 5 atom stereocenters. The summed E-state index contributed by atoms with van der Waals surface area (Å²) >= 11 is 1.84. The molecule has 0 radical (unpaired) electrons. The van der Waals surface area contributed by atoms with Gasteiger partial charge in [0.15, 0.2) is 0 Å². The smallest absolute Gasteiger partial charge is 0.123 e. The highest BCUT2D eigenvalue weighted by molar-refractivity contribution is 8.00. The van der Waals surface area contributed by atoms with Crippen molar-refractivity contribution in [2.45, 2.75) is 67.5 Å². The van der Waals surface area contributed by atoms with Gasteiger partial charge in [-0.2, -0.15) is 0 Å². The molecule has 3 heteroatoms. The van der Waals surface area contributed by atoms with Crippen molar-refractivity contribution in [1.82, 2.24) is 4.90 Å². The van der Waals surface area contributed by atoms with Crippen molar-refractivity contribution in [3.8, 4) is 0 Å². The monoisotopic (exact) mass is 367 g/mol. The summed E-state index contributed by atoms with van der Waals surface area (Å²) in [6, 6.07) is 22.1. The van der Waals surface area contributed by atoms with E-state index in [0.29, 0.717) is 18.0 Å². The van der Waals surface area contributed by atoms with Gasteiger partial charge in [0, 0.05) is 17.0 Å². The van der Waals surface area contributed by atoms with E-state index in [2.05, 4.69) is 79.4 Å². The van der Waals surface area contributed by atoms with Crippen LogP contribution >= 0.6 is 11.8 Å². The van der Waals surface area contributed by atoms with Crippen LogP contribution in [0.5, 0.6) is 0 Å². The van der Waals surface area contributed by atoms with E-state index in [9.17, 15) is 5.11 Å². The van der Waals surface area contributed by atoms with Crippen LogP contribution in [0.3, 0.4) is 0 Å². The molecule has 2 aromatic carbocycles. The van der Waals surface area contributed by atoms with Gasteiger partial charge in [0.05, 0.1) is 4.75 Å². The van der Waals surface area contributed by atoms with E-state index in [1.807, 2.05) is 11.8 Å². The number of fused-ring (bicyclic) bond motifs is 1. The van der Waals surface area contributed by atoms with Gasteiger partial charge in [-0.1, -0.05) is 55.5 Å². The van der Waals surface area contributed by atoms with E-state index in [4.69, 9.17) is 0 Å². The number of aliphatic hydroxyl groups excluding tert-OH is 1. The number of aliphatic hydroxyl groups is 1. The van der Waals surface area contributed by atoms with Crippen LogP contribution in [0.25, 0.3) is 0 Å². The molecule has 5 unspecified atom stereocenters. The SMILES string of the molecule is CC1CCC(c2ccccc2)N2C1CCC(C)(Sc1ccccc1)C2O. The third-order valence-corrected chi connectivity index (χ3v) is 7.73. The molecule has 2 nitrogen and oxygen atoms in total. The normalized spacial score (nSPS) is 35.0. The highest BCUT2D eigenvalue weighted by atomic mass is 32.2. The first-order valence-corrected chi connectivity index (χ1v) is 10.6. The fourth-order valence-electron chi connectivity index (χ4n) is 4.83. The second-order valence-corrected chi connectivity index (χ2v) is 9.74. The maximum Gasteiger partial charge on any atom is 0.123 e. The Balaban J connectivity index is 1.64. The first-order chi connectivity index (χ1) is 12.6. The molecule has 2 aliphatic rings. The quantitative estimate of drug-likeness (QED) is 0.776. The van der Waals surface area contributed by atoms with Crippen LogP contribution in [-0.2, 0) is 0 Å². The van der Waals surface area contributed by atoms with E-state index in [-0.39, 0.29) is 4.75 Å². The van der Waals surface area contributed by atoms with Crippen molar-refractivity contribution in [3.05, 3.63) is 66.2 Å². The minimum atomic E-state index is -0.431. The van der Waals surface area contributed by atoms with Gasteiger partial charge in [-0.25, -0.2) is 0 Å². The second kappa shape index (κ2) is 7.38. The van der Waals surface area contributed by atoms with Crippen molar-refractivity contribution in [2.75, 3.05) is 0 Å². The molecule has 2 aromatic rings. The standard InChI is InChI=1S/C23H29NOS/c1-17-13-14-21(18-9-5-3-6-10-18)24-20(17)15-16-23(2,22(24)25)26-19-11-7-4-8-12-19/h3-12,17,20-22,25H,13-16H2,1-2H3. The Morgan fingerprint density at radius 3 is 2.31 bits per heavy atom. The molecule has 2 heterocycles. The zero-order chi connectivity index (χ0) is 18.1. The van der Waals surface area contributed by atoms with Gasteiger partial charge in [-0.15, -0.1) is 11.8 Å². The lowest BCUT2D eigenvalue weighted by Gasteiger charge is -2.56. The first kappa shape index (κ1) is 18.1. The van der Waals surface area contributed by atoms with Crippen molar-refractivity contribution in [1.29, 1.82) is 0 Å². The molecular formula is C23H29NOS. The van der Waals surface area contributed by atoms with Gasteiger partial charge in [-0.05, 0) is 56.2 Å². The van der Waals surface area contributed by atoms with Crippen molar-refractivity contribution in [2.24, 2.45) is 5.92 Å². The fourth-order valence-corrected chi connectivity index (χ4v) is 6.11. The maximum absolute atomic E-state index is 11.5. The Hall–Kier alpha value is -1.29. The van der Waals surface area contributed by atoms with Crippen LogP contribution < -0.4 is 0 Å². The van der Waals surface area contributed by atoms with Gasteiger partial charge in [0.25, 0.3) is 0 Å². The predicted molar refractivity (Wildman–Crippen MR) is 109 cm³/mol. The molecule has 138 valence electrons. The molecule has 0 amide bonds. The molecule has 0 bridgehead atoms. The summed E-state index contributed by atoms with van der Waals surface area (Å²) in [5.74, 6) is 0.649. The van der Waals surface area contributed by atoms with E-state index in [1.54, 1.807) is 0 Å². The largest absolute Gasteiger partial charge is 0.377 e. The van der Waals surface area contributed by atoms with Gasteiger partial charge < -0.3 is 5.11 Å². The molecule has 0 spiro atoms. The van der Waals surface area contributed by atoms with E-state index >= 15 is 0 Å². The van der Waals surface area contributed by atoms with Crippen LogP contribution in [0.2, 0.25) is 0 Å². The third-order valence-electron chi connectivity index (χ3n) is 6.34. The van der Waals surface area contributed by atoms with Gasteiger partial charge in [0.2, 0.25) is 0 Å². The van der Waals surface area contributed by atoms with Crippen molar-refractivity contribution >= 4 is 11.8 Å². The van der Waals surface area contributed by atoms with E-state index < -0.39 is 6.23 Å². The summed E-state index contributed by atoms with van der Waals surface area (Å²) in [6.07, 6.45) is 4.17. The number of piperidine rings is 2. The number of thioether (sulfide) groups is 1. The molecule has 0 aromatic heterocycles. The lowest BCUT2D eigenvalue weighted by molar-refractivity contribution is -0.132. The number of hydrogen-bond acceptors (Lipinski definition) is 3. The summed E-state index contributed by atoms with van der Waals surface area (Å²) in [7, 11) is 0. The number of rotatable bonds is 3. The topological polar surface area (TPSA) is 23.5 Å². The zero-order valence-corrected chi connectivity index (χ0v) is 16.5. The molecule has 4 rings (SSSR count). The van der Waals surface area contributed by atoms with Crippen LogP contribution in [0.4, 0.5) is 0 Å². The minimum Gasteiger partial charge on any atom is -0.377 e. The highest BCUT2D eigenvalue weighted by Gasteiger charge is 2.50. The molecule has 0 saturated carbocycles. The number of nitrogens with zero attached hydrogens (tertiary/aromatic N) is 1. The molecular weight excluding hydrogens is 338 g/mol. The van der Waals surface area contributed by atoms with Crippen molar-refractivity contribution in [3.63, 3.8) is 0 Å². The highest BCUT2D eigenvalue weighted by Crippen LogP contribution is 2.51. The van der Waals surface area contributed by atoms with E-state index in [1.165, 1.54) is 16.9 Å². The Kier molecular flexibility index (Phi) is 5.13. The molecule has 26 heavy (non-hydrogen) atoms. The lowest BCUT2D eigenvalue weighted by Crippen LogP contribution is -2.61. The number of benzene rings is 2.